The first-order chi connectivity index (χ1) is 10.1. The van der Waals surface area contributed by atoms with Crippen molar-refractivity contribution in [2.75, 3.05) is 0 Å². The molecule has 0 heterocycles. The first-order valence-corrected chi connectivity index (χ1v) is 7.40. The van der Waals surface area contributed by atoms with Crippen LogP contribution in [0.25, 0.3) is 0 Å². The summed E-state index contributed by atoms with van der Waals surface area (Å²) in [5, 5.41) is 0. The van der Waals surface area contributed by atoms with Gasteiger partial charge in [-0.05, 0) is 42.5 Å². The van der Waals surface area contributed by atoms with E-state index in [4.69, 9.17) is 5.73 Å². The van der Waals surface area contributed by atoms with Crippen LogP contribution in [0.1, 0.15) is 36.0 Å². The van der Waals surface area contributed by atoms with E-state index in [2.05, 4.69) is 6.07 Å². The summed E-state index contributed by atoms with van der Waals surface area (Å²) in [6, 6.07) is 12.0. The number of hydrogen-bond acceptors (Lipinski definition) is 1. The number of hydrogen-bond donors (Lipinski definition) is 1. The van der Waals surface area contributed by atoms with Crippen LogP contribution in [0.4, 0.5) is 8.78 Å². The average molecular weight is 287 g/mol. The molecule has 1 atom stereocenters. The van der Waals surface area contributed by atoms with Crippen LogP contribution in [-0.2, 0) is 18.4 Å². The lowest BCUT2D eigenvalue weighted by Crippen LogP contribution is -2.39. The highest BCUT2D eigenvalue weighted by Gasteiger charge is 2.33. The van der Waals surface area contributed by atoms with Crippen LogP contribution in [0, 0.1) is 11.6 Å². The molecule has 1 unspecified atom stereocenters. The van der Waals surface area contributed by atoms with Crippen molar-refractivity contribution in [3.8, 4) is 0 Å². The minimum atomic E-state index is -0.698. The molecule has 0 saturated carbocycles. The molecule has 0 fully saturated rings. The number of halogens is 2. The number of nitrogens with two attached hydrogens (primary N) is 1. The van der Waals surface area contributed by atoms with Crippen molar-refractivity contribution in [2.24, 2.45) is 5.73 Å². The van der Waals surface area contributed by atoms with Gasteiger partial charge in [-0.15, -0.1) is 0 Å². The third kappa shape index (κ3) is 2.70. The molecule has 0 aromatic heterocycles. The van der Waals surface area contributed by atoms with Crippen molar-refractivity contribution >= 4 is 0 Å². The number of fused-ring (bicyclic) bond motifs is 1. The molecule has 0 aliphatic heterocycles. The fourth-order valence-corrected chi connectivity index (χ4v) is 3.31. The van der Waals surface area contributed by atoms with Gasteiger partial charge >= 0.3 is 0 Å². The molecule has 21 heavy (non-hydrogen) atoms. The van der Waals surface area contributed by atoms with Crippen LogP contribution in [0.15, 0.2) is 42.5 Å². The standard InChI is InChI=1S/C18H19F2N/c19-16-9-5-10-17(20)14(16)12-18(21)11-4-3-7-13-6-1-2-8-15(13)18/h1-2,5-6,8-10H,3-4,7,11-12,21H2. The molecule has 0 radical (unpaired) electrons. The summed E-state index contributed by atoms with van der Waals surface area (Å²) in [6.07, 6.45) is 3.96. The maximum absolute atomic E-state index is 14.0. The van der Waals surface area contributed by atoms with Gasteiger partial charge in [0, 0.05) is 17.5 Å². The largest absolute Gasteiger partial charge is 0.321 e. The van der Waals surface area contributed by atoms with E-state index in [9.17, 15) is 8.78 Å². The van der Waals surface area contributed by atoms with Gasteiger partial charge in [0.25, 0.3) is 0 Å². The van der Waals surface area contributed by atoms with Crippen LogP contribution < -0.4 is 5.73 Å². The predicted octanol–water partition coefficient (Wildman–Crippen LogP) is 4.09. The molecule has 0 saturated heterocycles. The van der Waals surface area contributed by atoms with E-state index in [1.807, 2.05) is 18.2 Å². The zero-order valence-electron chi connectivity index (χ0n) is 11.9. The minimum Gasteiger partial charge on any atom is -0.321 e. The molecule has 1 nitrogen and oxygen atoms in total. The van der Waals surface area contributed by atoms with Crippen molar-refractivity contribution in [1.29, 1.82) is 0 Å². The molecular weight excluding hydrogens is 268 g/mol. The first kappa shape index (κ1) is 14.2. The van der Waals surface area contributed by atoms with E-state index in [0.717, 1.165) is 31.2 Å². The Morgan fingerprint density at radius 1 is 0.952 bits per heavy atom. The van der Waals surface area contributed by atoms with Crippen molar-refractivity contribution in [3.05, 3.63) is 70.8 Å². The zero-order valence-corrected chi connectivity index (χ0v) is 11.9. The Morgan fingerprint density at radius 2 is 1.67 bits per heavy atom. The lowest BCUT2D eigenvalue weighted by Gasteiger charge is -2.31. The summed E-state index contributed by atoms with van der Waals surface area (Å²) in [5.74, 6) is -1.02. The predicted molar refractivity (Wildman–Crippen MR) is 79.9 cm³/mol. The molecule has 3 rings (SSSR count). The van der Waals surface area contributed by atoms with Gasteiger partial charge in [0.2, 0.25) is 0 Å². The van der Waals surface area contributed by atoms with E-state index in [0.29, 0.717) is 0 Å². The summed E-state index contributed by atoms with van der Waals surface area (Å²) in [6.45, 7) is 0. The Morgan fingerprint density at radius 3 is 2.43 bits per heavy atom. The Bertz CT molecular complexity index is 633. The van der Waals surface area contributed by atoms with Gasteiger partial charge in [0.05, 0.1) is 0 Å². The van der Waals surface area contributed by atoms with Crippen molar-refractivity contribution in [3.63, 3.8) is 0 Å². The van der Waals surface area contributed by atoms with E-state index in [1.165, 1.54) is 23.8 Å². The molecule has 0 bridgehead atoms. The Balaban J connectivity index is 2.04. The first-order valence-electron chi connectivity index (χ1n) is 7.40. The second-order valence-corrected chi connectivity index (χ2v) is 5.90. The van der Waals surface area contributed by atoms with Crippen LogP contribution in [0.3, 0.4) is 0 Å². The molecule has 0 spiro atoms. The second-order valence-electron chi connectivity index (χ2n) is 5.90. The lowest BCUT2D eigenvalue weighted by atomic mass is 9.80. The summed E-state index contributed by atoms with van der Waals surface area (Å²) in [7, 11) is 0. The third-order valence-electron chi connectivity index (χ3n) is 4.43. The van der Waals surface area contributed by atoms with Gasteiger partial charge in [0.15, 0.2) is 0 Å². The molecule has 1 aliphatic carbocycles. The maximum Gasteiger partial charge on any atom is 0.129 e. The number of aryl methyl sites for hydroxylation is 1. The van der Waals surface area contributed by atoms with Crippen LogP contribution in [0.2, 0.25) is 0 Å². The molecule has 2 aromatic rings. The summed E-state index contributed by atoms with van der Waals surface area (Å²) in [5.41, 5.74) is 8.24. The van der Waals surface area contributed by atoms with Gasteiger partial charge in [-0.3, -0.25) is 0 Å². The van der Waals surface area contributed by atoms with Gasteiger partial charge in [0.1, 0.15) is 11.6 Å². The molecule has 3 heteroatoms. The molecule has 110 valence electrons. The highest BCUT2D eigenvalue weighted by atomic mass is 19.1. The Hall–Kier alpha value is -1.74. The fourth-order valence-electron chi connectivity index (χ4n) is 3.31. The van der Waals surface area contributed by atoms with E-state index < -0.39 is 17.2 Å². The van der Waals surface area contributed by atoms with Crippen molar-refractivity contribution < 1.29 is 8.78 Å². The highest BCUT2D eigenvalue weighted by Crippen LogP contribution is 2.35. The molecule has 0 amide bonds. The van der Waals surface area contributed by atoms with Gasteiger partial charge in [-0.25, -0.2) is 8.78 Å². The quantitative estimate of drug-likeness (QED) is 0.827. The van der Waals surface area contributed by atoms with E-state index >= 15 is 0 Å². The average Bonchev–Trinajstić information content (AvgIpc) is 2.64. The normalized spacial score (nSPS) is 21.7. The second kappa shape index (κ2) is 5.57. The monoisotopic (exact) mass is 287 g/mol. The Kier molecular flexibility index (Phi) is 3.77. The van der Waals surface area contributed by atoms with Crippen LogP contribution >= 0.6 is 0 Å². The van der Waals surface area contributed by atoms with Gasteiger partial charge < -0.3 is 5.73 Å². The molecule has 2 N–H and O–H groups in total. The van der Waals surface area contributed by atoms with E-state index in [-0.39, 0.29) is 12.0 Å². The van der Waals surface area contributed by atoms with Crippen LogP contribution in [0.5, 0.6) is 0 Å². The van der Waals surface area contributed by atoms with Gasteiger partial charge in [-0.1, -0.05) is 36.8 Å². The zero-order chi connectivity index (χ0) is 14.9. The maximum atomic E-state index is 14.0. The molecule has 1 aliphatic rings. The SMILES string of the molecule is NC1(Cc2c(F)cccc2F)CCCCc2ccccc21. The van der Waals surface area contributed by atoms with E-state index in [1.54, 1.807) is 0 Å². The molecular formula is C18H19F2N. The Labute approximate surface area is 123 Å². The van der Waals surface area contributed by atoms with Crippen molar-refractivity contribution in [1.82, 2.24) is 0 Å². The summed E-state index contributed by atoms with van der Waals surface area (Å²) < 4.78 is 27.9. The fraction of sp³-hybridized carbons (Fsp3) is 0.333. The van der Waals surface area contributed by atoms with Crippen molar-refractivity contribution in [2.45, 2.75) is 37.6 Å². The topological polar surface area (TPSA) is 26.0 Å². The summed E-state index contributed by atoms with van der Waals surface area (Å²) >= 11 is 0. The smallest absolute Gasteiger partial charge is 0.129 e. The van der Waals surface area contributed by atoms with Crippen LogP contribution in [-0.4, -0.2) is 0 Å². The minimum absolute atomic E-state index is 0.0942. The summed E-state index contributed by atoms with van der Waals surface area (Å²) in [4.78, 5) is 0. The highest BCUT2D eigenvalue weighted by molar-refractivity contribution is 5.37. The number of benzene rings is 2. The third-order valence-corrected chi connectivity index (χ3v) is 4.43. The lowest BCUT2D eigenvalue weighted by molar-refractivity contribution is 0.383. The molecule has 2 aromatic carbocycles. The number of rotatable bonds is 2. The van der Waals surface area contributed by atoms with Gasteiger partial charge in [-0.2, -0.15) is 0 Å².